The van der Waals surface area contributed by atoms with Crippen molar-refractivity contribution in [3.8, 4) is 0 Å². The van der Waals surface area contributed by atoms with Gasteiger partial charge in [0, 0.05) is 33.9 Å². The van der Waals surface area contributed by atoms with Crippen LogP contribution in [0.5, 0.6) is 0 Å². The Balaban J connectivity index is 1.74. The summed E-state index contributed by atoms with van der Waals surface area (Å²) in [6, 6.07) is 10.1. The molecule has 0 radical (unpaired) electrons. The molecule has 0 aromatic heterocycles. The fourth-order valence-corrected chi connectivity index (χ4v) is 2.16. The minimum atomic E-state index is 0.0157. The van der Waals surface area contributed by atoms with E-state index in [1.54, 1.807) is 19.0 Å². The summed E-state index contributed by atoms with van der Waals surface area (Å²) in [5.41, 5.74) is 1.13. The minimum absolute atomic E-state index is 0.0157. The predicted molar refractivity (Wildman–Crippen MR) is 100 cm³/mol. The summed E-state index contributed by atoms with van der Waals surface area (Å²) >= 11 is 0. The molecule has 0 bridgehead atoms. The molecule has 1 aromatic carbocycles. The summed E-state index contributed by atoms with van der Waals surface area (Å²) in [6.07, 6.45) is 3.55. The van der Waals surface area contributed by atoms with Crippen LogP contribution in [0.4, 0.5) is 0 Å². The summed E-state index contributed by atoms with van der Waals surface area (Å²) in [5, 5.41) is 6.37. The molecule has 2 rings (SSSR count). The second kappa shape index (κ2) is 10.7. The quantitative estimate of drug-likeness (QED) is 0.384. The first-order valence-corrected chi connectivity index (χ1v) is 8.99. The number of likely N-dealkylation sites (N-methyl/N-ethyl adjacent to an activating group) is 1. The maximum atomic E-state index is 11.8. The molecule has 0 spiro atoms. The Hall–Kier alpha value is -2.08. The van der Waals surface area contributed by atoms with Crippen molar-refractivity contribution < 1.29 is 9.53 Å². The average molecular weight is 346 g/mol. The Labute approximate surface area is 150 Å². The molecule has 0 atom stereocenters. The number of carbonyl (C=O) groups is 1. The van der Waals surface area contributed by atoms with E-state index in [1.807, 2.05) is 30.3 Å². The fourth-order valence-electron chi connectivity index (χ4n) is 2.16. The van der Waals surface area contributed by atoms with Crippen molar-refractivity contribution in [1.82, 2.24) is 15.5 Å². The third-order valence-electron chi connectivity index (χ3n) is 3.98. The van der Waals surface area contributed by atoms with E-state index in [1.165, 1.54) is 12.8 Å². The lowest BCUT2D eigenvalue weighted by atomic mass is 10.2. The predicted octanol–water partition coefficient (Wildman–Crippen LogP) is 1.63. The molecule has 6 nitrogen and oxygen atoms in total. The number of amides is 1. The van der Waals surface area contributed by atoms with Crippen molar-refractivity contribution in [2.24, 2.45) is 10.9 Å². The lowest BCUT2D eigenvalue weighted by molar-refractivity contribution is -0.127. The number of carbonyl (C=O) groups excluding carboxylic acids is 1. The third kappa shape index (κ3) is 8.54. The van der Waals surface area contributed by atoms with E-state index >= 15 is 0 Å². The van der Waals surface area contributed by atoms with Crippen LogP contribution in [-0.2, 0) is 16.1 Å². The fraction of sp³-hybridized carbons (Fsp3) is 0.579. The van der Waals surface area contributed by atoms with Gasteiger partial charge >= 0.3 is 0 Å². The molecule has 1 aromatic rings. The van der Waals surface area contributed by atoms with Crippen LogP contribution in [0.25, 0.3) is 0 Å². The lowest BCUT2D eigenvalue weighted by Gasteiger charge is -2.15. The van der Waals surface area contributed by atoms with Gasteiger partial charge in [-0.05, 0) is 30.7 Å². The normalized spacial score (nSPS) is 14.2. The maximum Gasteiger partial charge on any atom is 0.241 e. The highest BCUT2D eigenvalue weighted by atomic mass is 16.5. The molecule has 0 aliphatic heterocycles. The Morgan fingerprint density at radius 2 is 2.00 bits per heavy atom. The van der Waals surface area contributed by atoms with Crippen molar-refractivity contribution in [3.05, 3.63) is 35.9 Å². The van der Waals surface area contributed by atoms with Crippen LogP contribution in [0.15, 0.2) is 35.3 Å². The van der Waals surface area contributed by atoms with Crippen molar-refractivity contribution >= 4 is 11.9 Å². The summed E-state index contributed by atoms with van der Waals surface area (Å²) < 4.78 is 5.64. The van der Waals surface area contributed by atoms with Gasteiger partial charge in [-0.1, -0.05) is 30.3 Å². The van der Waals surface area contributed by atoms with E-state index in [0.717, 1.165) is 37.7 Å². The van der Waals surface area contributed by atoms with E-state index < -0.39 is 0 Å². The van der Waals surface area contributed by atoms with Gasteiger partial charge in [0.1, 0.15) is 0 Å². The van der Waals surface area contributed by atoms with Crippen LogP contribution >= 0.6 is 0 Å². The molecule has 0 unspecified atom stereocenters. The van der Waals surface area contributed by atoms with Gasteiger partial charge in [-0.2, -0.15) is 0 Å². The number of aliphatic imine (C=N–C) groups is 1. The second-order valence-corrected chi connectivity index (χ2v) is 6.59. The molecule has 6 heteroatoms. The van der Waals surface area contributed by atoms with Crippen LogP contribution in [-0.4, -0.2) is 57.2 Å². The summed E-state index contributed by atoms with van der Waals surface area (Å²) in [6.45, 7) is 3.22. The third-order valence-corrected chi connectivity index (χ3v) is 3.98. The molecule has 0 saturated heterocycles. The molecular formula is C19H30N4O2. The van der Waals surface area contributed by atoms with Crippen molar-refractivity contribution in [2.45, 2.75) is 25.8 Å². The van der Waals surface area contributed by atoms with Crippen molar-refractivity contribution in [3.63, 3.8) is 0 Å². The standard InChI is InChI=1S/C19H30N4O2/c1-23(2)18(24)14-22-19(21-13-16-7-4-3-5-8-16)20-11-6-12-25-15-17-9-10-17/h3-5,7-8,17H,6,9-15H2,1-2H3,(H2,20,21,22). The van der Waals surface area contributed by atoms with Gasteiger partial charge in [-0.3, -0.25) is 4.79 Å². The Morgan fingerprint density at radius 1 is 1.24 bits per heavy atom. The summed E-state index contributed by atoms with van der Waals surface area (Å²) in [5.74, 6) is 1.47. The summed E-state index contributed by atoms with van der Waals surface area (Å²) in [7, 11) is 3.49. The highest BCUT2D eigenvalue weighted by Gasteiger charge is 2.20. The number of benzene rings is 1. The van der Waals surface area contributed by atoms with E-state index in [-0.39, 0.29) is 12.5 Å². The molecule has 1 fully saturated rings. The van der Waals surface area contributed by atoms with Crippen LogP contribution < -0.4 is 10.6 Å². The number of guanidine groups is 1. The molecule has 0 heterocycles. The minimum Gasteiger partial charge on any atom is -0.381 e. The average Bonchev–Trinajstić information content (AvgIpc) is 3.44. The van der Waals surface area contributed by atoms with Crippen LogP contribution in [0.3, 0.4) is 0 Å². The number of hydrogen-bond donors (Lipinski definition) is 2. The monoisotopic (exact) mass is 346 g/mol. The van der Waals surface area contributed by atoms with Crippen LogP contribution in [0.1, 0.15) is 24.8 Å². The number of rotatable bonds is 10. The molecular weight excluding hydrogens is 316 g/mol. The second-order valence-electron chi connectivity index (χ2n) is 6.59. The highest BCUT2D eigenvalue weighted by Crippen LogP contribution is 2.28. The molecule has 1 saturated carbocycles. The zero-order chi connectivity index (χ0) is 17.9. The zero-order valence-corrected chi connectivity index (χ0v) is 15.3. The highest BCUT2D eigenvalue weighted by molar-refractivity contribution is 5.86. The van der Waals surface area contributed by atoms with Gasteiger partial charge < -0.3 is 20.3 Å². The largest absolute Gasteiger partial charge is 0.381 e. The smallest absolute Gasteiger partial charge is 0.241 e. The molecule has 2 N–H and O–H groups in total. The molecule has 1 aliphatic carbocycles. The van der Waals surface area contributed by atoms with Crippen LogP contribution in [0.2, 0.25) is 0 Å². The number of ether oxygens (including phenoxy) is 1. The molecule has 138 valence electrons. The summed E-state index contributed by atoms with van der Waals surface area (Å²) in [4.78, 5) is 17.9. The van der Waals surface area contributed by atoms with E-state index in [9.17, 15) is 4.79 Å². The number of nitrogens with one attached hydrogen (secondary N) is 2. The van der Waals surface area contributed by atoms with Gasteiger partial charge in [0.05, 0.1) is 13.1 Å². The first-order chi connectivity index (χ1) is 12.1. The van der Waals surface area contributed by atoms with Gasteiger partial charge in [-0.15, -0.1) is 0 Å². The first kappa shape index (κ1) is 19.2. The topological polar surface area (TPSA) is 66.0 Å². The SMILES string of the molecule is CN(C)C(=O)CNC(=NCc1ccccc1)NCCCOCC1CC1. The van der Waals surface area contributed by atoms with Crippen LogP contribution in [0, 0.1) is 5.92 Å². The zero-order valence-electron chi connectivity index (χ0n) is 15.3. The van der Waals surface area contributed by atoms with Gasteiger partial charge in [0.2, 0.25) is 5.91 Å². The first-order valence-electron chi connectivity index (χ1n) is 8.99. The molecule has 1 amide bonds. The Kier molecular flexibility index (Phi) is 8.25. The van der Waals surface area contributed by atoms with Gasteiger partial charge in [-0.25, -0.2) is 4.99 Å². The van der Waals surface area contributed by atoms with Gasteiger partial charge in [0.15, 0.2) is 5.96 Å². The van der Waals surface area contributed by atoms with E-state index in [0.29, 0.717) is 12.5 Å². The Bertz CT molecular complexity index is 542. The van der Waals surface area contributed by atoms with Gasteiger partial charge in [0.25, 0.3) is 0 Å². The van der Waals surface area contributed by atoms with E-state index in [2.05, 4.69) is 15.6 Å². The Morgan fingerprint density at radius 3 is 2.68 bits per heavy atom. The molecule has 1 aliphatic rings. The number of nitrogens with zero attached hydrogens (tertiary/aromatic N) is 2. The lowest BCUT2D eigenvalue weighted by Crippen LogP contribution is -2.43. The van der Waals surface area contributed by atoms with Crippen molar-refractivity contribution in [2.75, 3.05) is 40.4 Å². The van der Waals surface area contributed by atoms with Crippen molar-refractivity contribution in [1.29, 1.82) is 0 Å². The maximum absolute atomic E-state index is 11.8. The van der Waals surface area contributed by atoms with E-state index in [4.69, 9.17) is 4.74 Å². The number of hydrogen-bond acceptors (Lipinski definition) is 3. The molecule has 25 heavy (non-hydrogen) atoms.